The lowest BCUT2D eigenvalue weighted by atomic mass is 9.87. The molecule has 19 heavy (non-hydrogen) atoms. The Kier molecular flexibility index (Phi) is 5.81. The summed E-state index contributed by atoms with van der Waals surface area (Å²) in [5, 5.41) is 3.38. The van der Waals surface area contributed by atoms with Crippen LogP contribution in [0.2, 0.25) is 0 Å². The number of hydrogen-bond donors (Lipinski definition) is 1. The molecule has 0 aliphatic heterocycles. The fourth-order valence-corrected chi connectivity index (χ4v) is 2.32. The number of nitrogens with zero attached hydrogens (tertiary/aromatic N) is 2. The highest BCUT2D eigenvalue weighted by Gasteiger charge is 2.26. The van der Waals surface area contributed by atoms with E-state index < -0.39 is 0 Å². The highest BCUT2D eigenvalue weighted by molar-refractivity contribution is 9.10. The number of pyridine rings is 1. The van der Waals surface area contributed by atoms with Gasteiger partial charge in [0.15, 0.2) is 0 Å². The SMILES string of the molecule is CCNCc1cc(Br)cnc1N(C)C(C)C(C)(C)C. The number of hydrogen-bond acceptors (Lipinski definition) is 3. The quantitative estimate of drug-likeness (QED) is 0.890. The van der Waals surface area contributed by atoms with Crippen molar-refractivity contribution >= 4 is 21.7 Å². The van der Waals surface area contributed by atoms with Crippen LogP contribution in [0.1, 0.15) is 40.2 Å². The molecule has 0 bridgehead atoms. The maximum absolute atomic E-state index is 4.60. The first-order valence-electron chi connectivity index (χ1n) is 6.85. The first-order valence-corrected chi connectivity index (χ1v) is 7.64. The molecule has 0 saturated carbocycles. The Labute approximate surface area is 125 Å². The van der Waals surface area contributed by atoms with Crippen LogP contribution >= 0.6 is 15.9 Å². The van der Waals surface area contributed by atoms with E-state index in [-0.39, 0.29) is 5.41 Å². The molecule has 1 rings (SSSR count). The fourth-order valence-electron chi connectivity index (χ4n) is 1.95. The predicted octanol–water partition coefficient (Wildman–Crippen LogP) is 3.82. The van der Waals surface area contributed by atoms with Crippen molar-refractivity contribution in [2.45, 2.75) is 47.2 Å². The molecule has 0 spiro atoms. The molecule has 0 fully saturated rings. The molecule has 0 saturated heterocycles. The molecule has 108 valence electrons. The van der Waals surface area contributed by atoms with Gasteiger partial charge in [-0.3, -0.25) is 0 Å². The molecule has 0 aliphatic carbocycles. The summed E-state index contributed by atoms with van der Waals surface area (Å²) in [5.74, 6) is 1.06. The van der Waals surface area contributed by atoms with Gasteiger partial charge in [0, 0.05) is 35.9 Å². The second-order valence-corrected chi connectivity index (χ2v) is 6.99. The minimum absolute atomic E-state index is 0.221. The minimum Gasteiger partial charge on any atom is -0.356 e. The van der Waals surface area contributed by atoms with Gasteiger partial charge in [0.1, 0.15) is 5.82 Å². The van der Waals surface area contributed by atoms with Gasteiger partial charge in [0.05, 0.1) is 0 Å². The highest BCUT2D eigenvalue weighted by Crippen LogP contribution is 2.29. The lowest BCUT2D eigenvalue weighted by Gasteiger charge is -2.37. The van der Waals surface area contributed by atoms with E-state index in [0.29, 0.717) is 6.04 Å². The van der Waals surface area contributed by atoms with Crippen LogP contribution in [0.4, 0.5) is 5.82 Å². The average molecular weight is 328 g/mol. The third kappa shape index (κ3) is 4.46. The Morgan fingerprint density at radius 3 is 2.58 bits per heavy atom. The van der Waals surface area contributed by atoms with Gasteiger partial charge >= 0.3 is 0 Å². The summed E-state index contributed by atoms with van der Waals surface area (Å²) in [4.78, 5) is 6.88. The summed E-state index contributed by atoms with van der Waals surface area (Å²) in [6.45, 7) is 13.0. The summed E-state index contributed by atoms with van der Waals surface area (Å²) < 4.78 is 1.03. The van der Waals surface area contributed by atoms with E-state index in [9.17, 15) is 0 Å². The Morgan fingerprint density at radius 2 is 2.05 bits per heavy atom. The Balaban J connectivity index is 3.04. The van der Waals surface area contributed by atoms with Crippen molar-refractivity contribution in [3.8, 4) is 0 Å². The van der Waals surface area contributed by atoms with Gasteiger partial charge in [-0.05, 0) is 40.9 Å². The zero-order chi connectivity index (χ0) is 14.6. The van der Waals surface area contributed by atoms with Crippen LogP contribution in [0.3, 0.4) is 0 Å². The summed E-state index contributed by atoms with van der Waals surface area (Å²) >= 11 is 3.51. The summed E-state index contributed by atoms with van der Waals surface area (Å²) in [5.41, 5.74) is 1.45. The van der Waals surface area contributed by atoms with Crippen molar-refractivity contribution in [1.82, 2.24) is 10.3 Å². The number of nitrogens with one attached hydrogen (secondary N) is 1. The van der Waals surface area contributed by atoms with Crippen LogP contribution in [-0.2, 0) is 6.54 Å². The zero-order valence-electron chi connectivity index (χ0n) is 12.9. The average Bonchev–Trinajstić information content (AvgIpc) is 2.33. The molecule has 1 heterocycles. The molecule has 1 atom stereocenters. The van der Waals surface area contributed by atoms with Crippen molar-refractivity contribution in [3.63, 3.8) is 0 Å². The highest BCUT2D eigenvalue weighted by atomic mass is 79.9. The first kappa shape index (κ1) is 16.4. The first-order chi connectivity index (χ1) is 8.77. The van der Waals surface area contributed by atoms with E-state index in [4.69, 9.17) is 0 Å². The van der Waals surface area contributed by atoms with Crippen LogP contribution < -0.4 is 10.2 Å². The molecular formula is C15H26BrN3. The minimum atomic E-state index is 0.221. The van der Waals surface area contributed by atoms with Crippen LogP contribution in [0, 0.1) is 5.41 Å². The molecule has 1 N–H and O–H groups in total. The van der Waals surface area contributed by atoms with Gasteiger partial charge in [-0.25, -0.2) is 4.98 Å². The van der Waals surface area contributed by atoms with Gasteiger partial charge in [-0.15, -0.1) is 0 Å². The maximum atomic E-state index is 4.60. The second-order valence-electron chi connectivity index (χ2n) is 6.07. The fraction of sp³-hybridized carbons (Fsp3) is 0.667. The normalized spacial score (nSPS) is 13.4. The van der Waals surface area contributed by atoms with E-state index in [0.717, 1.165) is 23.4 Å². The molecule has 1 aromatic heterocycles. The molecule has 0 amide bonds. The molecular weight excluding hydrogens is 302 g/mol. The van der Waals surface area contributed by atoms with Crippen molar-refractivity contribution in [3.05, 3.63) is 22.3 Å². The topological polar surface area (TPSA) is 28.2 Å². The molecule has 0 aromatic carbocycles. The third-order valence-electron chi connectivity index (χ3n) is 3.64. The Morgan fingerprint density at radius 1 is 1.42 bits per heavy atom. The molecule has 4 heteroatoms. The van der Waals surface area contributed by atoms with Gasteiger partial charge in [-0.2, -0.15) is 0 Å². The number of rotatable bonds is 5. The van der Waals surface area contributed by atoms with Gasteiger partial charge < -0.3 is 10.2 Å². The third-order valence-corrected chi connectivity index (χ3v) is 4.08. The van der Waals surface area contributed by atoms with E-state index in [1.165, 1.54) is 5.56 Å². The van der Waals surface area contributed by atoms with Gasteiger partial charge in [-0.1, -0.05) is 27.7 Å². The van der Waals surface area contributed by atoms with Gasteiger partial charge in [0.25, 0.3) is 0 Å². The Bertz CT molecular complexity index is 412. The predicted molar refractivity (Wildman–Crippen MR) is 86.6 cm³/mol. The van der Waals surface area contributed by atoms with Crippen molar-refractivity contribution < 1.29 is 0 Å². The zero-order valence-corrected chi connectivity index (χ0v) is 14.5. The monoisotopic (exact) mass is 327 g/mol. The van der Waals surface area contributed by atoms with Crippen LogP contribution in [-0.4, -0.2) is 24.6 Å². The second kappa shape index (κ2) is 6.71. The van der Waals surface area contributed by atoms with E-state index in [1.54, 1.807) is 0 Å². The van der Waals surface area contributed by atoms with Crippen molar-refractivity contribution in [1.29, 1.82) is 0 Å². The largest absolute Gasteiger partial charge is 0.356 e. The van der Waals surface area contributed by atoms with Gasteiger partial charge in [0.2, 0.25) is 0 Å². The molecule has 0 radical (unpaired) electrons. The molecule has 1 unspecified atom stereocenters. The molecule has 3 nitrogen and oxygen atoms in total. The summed E-state index contributed by atoms with van der Waals surface area (Å²) in [7, 11) is 2.13. The van der Waals surface area contributed by atoms with Crippen LogP contribution in [0.5, 0.6) is 0 Å². The smallest absolute Gasteiger partial charge is 0.133 e. The Hall–Kier alpha value is -0.610. The number of anilines is 1. The lowest BCUT2D eigenvalue weighted by Crippen LogP contribution is -2.40. The number of aromatic nitrogens is 1. The maximum Gasteiger partial charge on any atom is 0.133 e. The van der Waals surface area contributed by atoms with Crippen LogP contribution in [0.25, 0.3) is 0 Å². The molecule has 1 aromatic rings. The lowest BCUT2D eigenvalue weighted by molar-refractivity contribution is 0.328. The van der Waals surface area contributed by atoms with E-state index in [1.807, 2.05) is 6.20 Å². The summed E-state index contributed by atoms with van der Waals surface area (Å²) in [6, 6.07) is 2.57. The molecule has 0 aliphatic rings. The van der Waals surface area contributed by atoms with Crippen molar-refractivity contribution in [2.75, 3.05) is 18.5 Å². The van der Waals surface area contributed by atoms with E-state index >= 15 is 0 Å². The number of halogens is 1. The summed E-state index contributed by atoms with van der Waals surface area (Å²) in [6.07, 6.45) is 1.87. The van der Waals surface area contributed by atoms with Crippen LogP contribution in [0.15, 0.2) is 16.7 Å². The standard InChI is InChI=1S/C15H26BrN3/c1-7-17-9-12-8-13(16)10-18-14(12)19(6)11(2)15(3,4)5/h8,10-11,17H,7,9H2,1-6H3. The van der Waals surface area contributed by atoms with Crippen molar-refractivity contribution in [2.24, 2.45) is 5.41 Å². The van der Waals surface area contributed by atoms with E-state index in [2.05, 4.69) is 78.9 Å².